The van der Waals surface area contributed by atoms with Crippen LogP contribution >= 0.6 is 0 Å². The summed E-state index contributed by atoms with van der Waals surface area (Å²) >= 11 is 0. The maximum Gasteiger partial charge on any atom is 0.342 e. The number of carbonyl (C=O) groups is 1. The summed E-state index contributed by atoms with van der Waals surface area (Å²) < 4.78 is 10.9. The molecule has 1 saturated heterocycles. The van der Waals surface area contributed by atoms with Gasteiger partial charge >= 0.3 is 5.97 Å². The smallest absolute Gasteiger partial charge is 0.342 e. The molecule has 5 nitrogen and oxygen atoms in total. The second-order valence-electron chi connectivity index (χ2n) is 7.54. The van der Waals surface area contributed by atoms with Gasteiger partial charge in [-0.15, -0.1) is 0 Å². The minimum absolute atomic E-state index is 0.147. The molecule has 0 amide bonds. The normalized spacial score (nSPS) is 16.6. The first kappa shape index (κ1) is 20.9. The van der Waals surface area contributed by atoms with Crippen molar-refractivity contribution in [2.24, 2.45) is 5.92 Å². The molecular formula is C24H30N2O3. The molecule has 1 aromatic heterocycles. The Balaban J connectivity index is 1.60. The van der Waals surface area contributed by atoms with Gasteiger partial charge in [-0.2, -0.15) is 0 Å². The lowest BCUT2D eigenvalue weighted by molar-refractivity contribution is 0.0378. The van der Waals surface area contributed by atoms with Crippen LogP contribution in [0.4, 0.5) is 5.82 Å². The zero-order valence-corrected chi connectivity index (χ0v) is 17.5. The summed E-state index contributed by atoms with van der Waals surface area (Å²) in [5.74, 6) is 1.78. The van der Waals surface area contributed by atoms with E-state index in [0.717, 1.165) is 37.5 Å². The van der Waals surface area contributed by atoms with Gasteiger partial charge in [-0.25, -0.2) is 9.78 Å². The van der Waals surface area contributed by atoms with Gasteiger partial charge < -0.3 is 14.4 Å². The molecule has 0 aliphatic carbocycles. The third-order valence-corrected chi connectivity index (χ3v) is 4.84. The molecule has 2 heterocycles. The summed E-state index contributed by atoms with van der Waals surface area (Å²) in [5.41, 5.74) is 1.78. The van der Waals surface area contributed by atoms with Crippen LogP contribution in [0.3, 0.4) is 0 Å². The van der Waals surface area contributed by atoms with E-state index < -0.39 is 0 Å². The molecule has 3 rings (SSSR count). The molecule has 1 aliphatic rings. The lowest BCUT2D eigenvalue weighted by atomic mass is 10.1. The number of hydrogen-bond acceptors (Lipinski definition) is 5. The van der Waals surface area contributed by atoms with Gasteiger partial charge in [-0.3, -0.25) is 0 Å². The largest absolute Gasteiger partial charge is 0.494 e. The molecule has 0 unspecified atom stereocenters. The van der Waals surface area contributed by atoms with E-state index in [-0.39, 0.29) is 12.1 Å². The Kier molecular flexibility index (Phi) is 7.28. The summed E-state index contributed by atoms with van der Waals surface area (Å²) in [7, 11) is 0. The van der Waals surface area contributed by atoms with E-state index >= 15 is 0 Å². The number of rotatable bonds is 8. The van der Waals surface area contributed by atoms with Crippen LogP contribution in [-0.2, 0) is 11.2 Å². The summed E-state index contributed by atoms with van der Waals surface area (Å²) in [6.45, 7) is 8.12. The van der Waals surface area contributed by atoms with Gasteiger partial charge in [0.1, 0.15) is 17.1 Å². The lowest BCUT2D eigenvalue weighted by Gasteiger charge is -2.20. The second-order valence-corrected chi connectivity index (χ2v) is 7.54. The Bertz CT molecular complexity index is 848. The van der Waals surface area contributed by atoms with Gasteiger partial charge in [-0.1, -0.05) is 24.3 Å². The van der Waals surface area contributed by atoms with Gasteiger partial charge in [0.05, 0.1) is 12.7 Å². The third kappa shape index (κ3) is 5.83. The van der Waals surface area contributed by atoms with E-state index in [4.69, 9.17) is 9.47 Å². The van der Waals surface area contributed by atoms with Crippen molar-refractivity contribution in [2.75, 3.05) is 24.6 Å². The van der Waals surface area contributed by atoms with Crippen LogP contribution in [0.15, 0.2) is 54.7 Å². The molecular weight excluding hydrogens is 364 g/mol. The zero-order valence-electron chi connectivity index (χ0n) is 17.5. The Morgan fingerprint density at radius 3 is 2.97 bits per heavy atom. The van der Waals surface area contributed by atoms with Crippen LogP contribution in [0.25, 0.3) is 0 Å². The summed E-state index contributed by atoms with van der Waals surface area (Å²) in [6, 6.07) is 11.8. The molecule has 0 saturated carbocycles. The molecule has 1 aliphatic heterocycles. The van der Waals surface area contributed by atoms with Crippen molar-refractivity contribution in [3.8, 4) is 5.75 Å². The number of benzene rings is 1. The highest BCUT2D eigenvalue weighted by molar-refractivity contribution is 5.94. The molecule has 0 bridgehead atoms. The van der Waals surface area contributed by atoms with E-state index in [1.807, 2.05) is 32.9 Å². The number of aromatic nitrogens is 1. The van der Waals surface area contributed by atoms with Crippen molar-refractivity contribution in [3.63, 3.8) is 0 Å². The van der Waals surface area contributed by atoms with Crippen LogP contribution in [0.1, 0.15) is 43.1 Å². The van der Waals surface area contributed by atoms with Crippen LogP contribution in [0.5, 0.6) is 5.75 Å². The predicted molar refractivity (Wildman–Crippen MR) is 116 cm³/mol. The molecule has 154 valence electrons. The van der Waals surface area contributed by atoms with E-state index in [0.29, 0.717) is 18.1 Å². The van der Waals surface area contributed by atoms with Crippen LogP contribution < -0.4 is 9.64 Å². The fraction of sp³-hybridized carbons (Fsp3) is 0.417. The topological polar surface area (TPSA) is 51.7 Å². The van der Waals surface area contributed by atoms with Crippen molar-refractivity contribution >= 4 is 11.8 Å². The number of pyridine rings is 1. The van der Waals surface area contributed by atoms with E-state index in [1.54, 1.807) is 18.3 Å². The standard InChI is InChI=1S/C24H30N2O3/c1-4-28-21-11-6-9-19(16-21)8-5-10-20-13-15-26(17-20)23-22(12-7-14-25-23)24(27)29-18(2)3/h5-7,9-12,14,16,18,20H,4,8,13,15,17H2,1-3H3/b10-5+/t20-/m1/s1. The van der Waals surface area contributed by atoms with Crippen LogP contribution in [-0.4, -0.2) is 36.8 Å². The molecule has 5 heteroatoms. The number of allylic oxidation sites excluding steroid dienone is 1. The second kappa shape index (κ2) is 10.1. The summed E-state index contributed by atoms with van der Waals surface area (Å²) in [6.07, 6.45) is 8.02. The molecule has 1 fully saturated rings. The molecule has 1 aromatic carbocycles. The SMILES string of the molecule is CCOc1cccc(C/C=C/[C@@H]2CCN(c3ncccc3C(=O)OC(C)C)C2)c1. The van der Waals surface area contributed by atoms with Crippen molar-refractivity contribution < 1.29 is 14.3 Å². The average Bonchev–Trinajstić information content (AvgIpc) is 3.17. The fourth-order valence-electron chi connectivity index (χ4n) is 3.55. The number of esters is 1. The zero-order chi connectivity index (χ0) is 20.6. The van der Waals surface area contributed by atoms with Crippen molar-refractivity contribution in [1.29, 1.82) is 0 Å². The van der Waals surface area contributed by atoms with Crippen molar-refractivity contribution in [3.05, 3.63) is 65.9 Å². The van der Waals surface area contributed by atoms with E-state index in [9.17, 15) is 4.79 Å². The highest BCUT2D eigenvalue weighted by Crippen LogP contribution is 2.26. The summed E-state index contributed by atoms with van der Waals surface area (Å²) in [4.78, 5) is 19.1. The van der Waals surface area contributed by atoms with Crippen LogP contribution in [0, 0.1) is 5.92 Å². The van der Waals surface area contributed by atoms with Crippen LogP contribution in [0.2, 0.25) is 0 Å². The lowest BCUT2D eigenvalue weighted by Crippen LogP contribution is -2.24. The molecule has 29 heavy (non-hydrogen) atoms. The first-order valence-electron chi connectivity index (χ1n) is 10.4. The molecule has 1 atom stereocenters. The Labute approximate surface area is 173 Å². The number of nitrogens with zero attached hydrogens (tertiary/aromatic N) is 2. The Morgan fingerprint density at radius 1 is 1.31 bits per heavy atom. The number of carbonyl (C=O) groups excluding carboxylic acids is 1. The fourth-order valence-corrected chi connectivity index (χ4v) is 3.55. The highest BCUT2D eigenvalue weighted by Gasteiger charge is 2.26. The summed E-state index contributed by atoms with van der Waals surface area (Å²) in [5, 5.41) is 0. The van der Waals surface area contributed by atoms with E-state index in [2.05, 4.69) is 34.2 Å². The Morgan fingerprint density at radius 2 is 2.17 bits per heavy atom. The van der Waals surface area contributed by atoms with E-state index in [1.165, 1.54) is 5.56 Å². The number of hydrogen-bond donors (Lipinski definition) is 0. The molecule has 2 aromatic rings. The molecule has 0 radical (unpaired) electrons. The van der Waals surface area contributed by atoms with Gasteiger partial charge in [0.2, 0.25) is 0 Å². The van der Waals surface area contributed by atoms with Gasteiger partial charge in [0.15, 0.2) is 0 Å². The maximum absolute atomic E-state index is 12.4. The highest BCUT2D eigenvalue weighted by atomic mass is 16.5. The monoisotopic (exact) mass is 394 g/mol. The van der Waals surface area contributed by atoms with Crippen molar-refractivity contribution in [1.82, 2.24) is 4.98 Å². The quantitative estimate of drug-likeness (QED) is 0.481. The first-order valence-corrected chi connectivity index (χ1v) is 10.4. The van der Waals surface area contributed by atoms with Gasteiger partial charge in [0, 0.05) is 19.3 Å². The van der Waals surface area contributed by atoms with Gasteiger partial charge in [-0.05, 0) is 69.4 Å². The molecule has 0 spiro atoms. The number of anilines is 1. The molecule has 0 N–H and O–H groups in total. The van der Waals surface area contributed by atoms with Gasteiger partial charge in [0.25, 0.3) is 0 Å². The first-order chi connectivity index (χ1) is 14.1. The minimum Gasteiger partial charge on any atom is -0.494 e. The maximum atomic E-state index is 12.4. The number of ether oxygens (including phenoxy) is 2. The minimum atomic E-state index is -0.309. The Hall–Kier alpha value is -2.82. The third-order valence-electron chi connectivity index (χ3n) is 4.84. The van der Waals surface area contributed by atoms with Crippen molar-refractivity contribution in [2.45, 2.75) is 39.7 Å². The average molecular weight is 395 g/mol. The predicted octanol–water partition coefficient (Wildman–Crippen LogP) is 4.67.